The number of nitrogens with zero attached hydrogens (tertiary/aromatic N) is 3. The normalized spacial score (nSPS) is 37.5. The Kier molecular flexibility index (Phi) is 7.62. The van der Waals surface area contributed by atoms with Gasteiger partial charge in [-0.25, -0.2) is 0 Å². The van der Waals surface area contributed by atoms with E-state index in [9.17, 15) is 25.1 Å². The van der Waals surface area contributed by atoms with Gasteiger partial charge in [-0.2, -0.15) is 5.26 Å². The number of aromatic nitrogens is 1. The van der Waals surface area contributed by atoms with Crippen molar-refractivity contribution in [1.29, 1.82) is 5.26 Å². The number of carbonyl (C=O) groups is 2. The van der Waals surface area contributed by atoms with Gasteiger partial charge < -0.3 is 24.4 Å². The first-order valence-electron chi connectivity index (χ1n) is 19.4. The van der Waals surface area contributed by atoms with Gasteiger partial charge >= 0.3 is 0 Å². The van der Waals surface area contributed by atoms with Crippen molar-refractivity contribution in [2.24, 2.45) is 28.6 Å². The van der Waals surface area contributed by atoms with E-state index in [1.165, 1.54) is 16.2 Å². The minimum Gasteiger partial charge on any atom is -0.392 e. The molecule has 53 heavy (non-hydrogen) atoms. The van der Waals surface area contributed by atoms with Crippen LogP contribution < -0.4 is 0 Å². The van der Waals surface area contributed by atoms with E-state index < -0.39 is 34.9 Å². The monoisotopic (exact) mass is 717 g/mol. The van der Waals surface area contributed by atoms with Crippen molar-refractivity contribution < 1.29 is 24.5 Å². The number of hydrogen-bond acceptors (Lipinski definition) is 6. The molecule has 0 radical (unpaired) electrons. The molecule has 2 unspecified atom stereocenters. The molecule has 2 N–H and O–H groups in total. The Balaban J connectivity index is 1.33. The van der Waals surface area contributed by atoms with Crippen LogP contribution in [0.3, 0.4) is 0 Å². The number of nitriles is 1. The first-order chi connectivity index (χ1) is 24.7. The fraction of sp³-hybridized carbons (Fsp3) is 0.578. The van der Waals surface area contributed by atoms with Crippen molar-refractivity contribution in [2.45, 2.75) is 122 Å². The molecule has 1 amide bonds. The maximum atomic E-state index is 14.9. The van der Waals surface area contributed by atoms with Crippen LogP contribution >= 0.6 is 0 Å². The fourth-order valence-electron chi connectivity index (χ4n) is 12.9. The van der Waals surface area contributed by atoms with Crippen molar-refractivity contribution in [3.8, 4) is 6.07 Å². The molecule has 2 aliphatic heterocycles. The Morgan fingerprint density at radius 1 is 1.11 bits per heavy atom. The van der Waals surface area contributed by atoms with Crippen molar-refractivity contribution >= 4 is 28.2 Å². The van der Waals surface area contributed by atoms with Gasteiger partial charge in [-0.1, -0.05) is 45.1 Å². The summed E-state index contributed by atoms with van der Waals surface area (Å²) >= 11 is 0. The highest BCUT2D eigenvalue weighted by molar-refractivity contribution is 6.18. The lowest BCUT2D eigenvalue weighted by Gasteiger charge is -2.64. The summed E-state index contributed by atoms with van der Waals surface area (Å²) in [6.07, 6.45) is 10.4. The molecule has 0 saturated heterocycles. The van der Waals surface area contributed by atoms with Crippen LogP contribution in [-0.2, 0) is 21.4 Å². The predicted octanol–water partition coefficient (Wildman–Crippen LogP) is 7.69. The van der Waals surface area contributed by atoms with E-state index in [1.807, 2.05) is 32.9 Å². The molecule has 280 valence electrons. The molecule has 8 heteroatoms. The molecule has 4 aliphatic carbocycles. The highest BCUT2D eigenvalue weighted by Gasteiger charge is 2.67. The maximum absolute atomic E-state index is 14.9. The third-order valence-electron chi connectivity index (χ3n) is 15.1. The molecular formula is C45H55N3O5. The summed E-state index contributed by atoms with van der Waals surface area (Å²) < 4.78 is 8.86. The number of ether oxygens (including phenoxy) is 1. The van der Waals surface area contributed by atoms with Gasteiger partial charge in [0.2, 0.25) is 0 Å². The van der Waals surface area contributed by atoms with Gasteiger partial charge in [0.1, 0.15) is 17.7 Å². The number of benzene rings is 1. The Morgan fingerprint density at radius 2 is 1.81 bits per heavy atom. The Morgan fingerprint density at radius 3 is 2.45 bits per heavy atom. The number of Topliss-reactive ketones (excluding diaryl/α,β-unsaturated/α-hetero) is 1. The quantitative estimate of drug-likeness (QED) is 0.145. The highest BCUT2D eigenvalue weighted by Crippen LogP contribution is 2.71. The van der Waals surface area contributed by atoms with Crippen LogP contribution in [0.2, 0.25) is 0 Å². The molecule has 3 heterocycles. The number of amides is 1. The third kappa shape index (κ3) is 4.45. The van der Waals surface area contributed by atoms with E-state index >= 15 is 0 Å². The average Bonchev–Trinajstić information content (AvgIpc) is 3.73. The van der Waals surface area contributed by atoms with Crippen LogP contribution in [0.15, 0.2) is 48.1 Å². The maximum Gasteiger partial charge on any atom is 0.263 e. The number of carbonyl (C=O) groups excluding carboxylic acids is 2. The van der Waals surface area contributed by atoms with Gasteiger partial charge in [0.05, 0.1) is 34.5 Å². The summed E-state index contributed by atoms with van der Waals surface area (Å²) in [5, 5.41) is 34.8. The Labute approximate surface area is 313 Å². The van der Waals surface area contributed by atoms with E-state index in [-0.39, 0.29) is 39.9 Å². The third-order valence-corrected chi connectivity index (χ3v) is 15.1. The number of likely N-dealkylation sites (N-methyl/N-ethyl adjacent to an activating group) is 1. The van der Waals surface area contributed by atoms with Crippen LogP contribution in [0.1, 0.15) is 126 Å². The first kappa shape index (κ1) is 36.2. The lowest BCUT2D eigenvalue weighted by Crippen LogP contribution is -2.62. The van der Waals surface area contributed by atoms with Crippen molar-refractivity contribution in [3.05, 3.63) is 76.0 Å². The summed E-state index contributed by atoms with van der Waals surface area (Å²) in [6, 6.07) is 3.77. The minimum atomic E-state index is -0.872. The van der Waals surface area contributed by atoms with E-state index in [0.29, 0.717) is 17.9 Å². The molecule has 1 aromatic heterocycles. The van der Waals surface area contributed by atoms with Crippen LogP contribution in [-0.4, -0.2) is 62.8 Å². The highest BCUT2D eigenvalue weighted by atomic mass is 16.5. The fourth-order valence-corrected chi connectivity index (χ4v) is 12.9. The van der Waals surface area contributed by atoms with Crippen LogP contribution in [0.25, 0.3) is 16.5 Å². The molecule has 2 aromatic rings. The number of allylic oxidation sites excluding steroid dienone is 3. The van der Waals surface area contributed by atoms with Crippen LogP contribution in [0, 0.1) is 39.9 Å². The van der Waals surface area contributed by atoms with Gasteiger partial charge in [0.25, 0.3) is 5.91 Å². The lowest BCUT2D eigenvalue weighted by atomic mass is 9.40. The molecule has 2 saturated carbocycles. The largest absolute Gasteiger partial charge is 0.392 e. The zero-order valence-electron chi connectivity index (χ0n) is 33.1. The molecular weight excluding hydrogens is 663 g/mol. The summed E-state index contributed by atoms with van der Waals surface area (Å²) in [5.41, 5.74) is 5.41. The SMILES string of the molecule is C=C(C)[C@H]1C(=O)c2c3c(cc4c5c(n1c24)[C@@]1(C)C(CC[C@H]2[C@](C)(/C=C/C=C(\C#N)C(=O)N(C)C)[C@@H](O)CC[C@@]21C)C5)C1=CC(C)(C)OC(C)(C)C1[C@@H]3O. The summed E-state index contributed by atoms with van der Waals surface area (Å²) in [7, 11) is 3.26. The summed E-state index contributed by atoms with van der Waals surface area (Å²) in [5.74, 6) is -0.176. The van der Waals surface area contributed by atoms with Gasteiger partial charge in [-0.05, 0) is 119 Å². The van der Waals surface area contributed by atoms with Crippen molar-refractivity contribution in [3.63, 3.8) is 0 Å². The molecule has 9 atom stereocenters. The van der Waals surface area contributed by atoms with E-state index in [1.54, 1.807) is 26.2 Å². The topological polar surface area (TPSA) is 116 Å². The number of rotatable bonds is 4. The van der Waals surface area contributed by atoms with Gasteiger partial charge in [-0.3, -0.25) is 9.59 Å². The van der Waals surface area contributed by atoms with E-state index in [4.69, 9.17) is 4.74 Å². The van der Waals surface area contributed by atoms with E-state index in [0.717, 1.165) is 58.9 Å². The molecule has 6 aliphatic rings. The summed E-state index contributed by atoms with van der Waals surface area (Å²) in [6.45, 7) is 21.5. The van der Waals surface area contributed by atoms with E-state index in [2.05, 4.69) is 57.9 Å². The molecule has 8 rings (SSSR count). The Hall–Kier alpha value is -3.77. The number of hydrogen-bond donors (Lipinski definition) is 2. The zero-order chi connectivity index (χ0) is 38.5. The number of aliphatic hydroxyl groups excluding tert-OH is 2. The molecule has 0 bridgehead atoms. The summed E-state index contributed by atoms with van der Waals surface area (Å²) in [4.78, 5) is 28.9. The average molecular weight is 718 g/mol. The smallest absolute Gasteiger partial charge is 0.263 e. The predicted molar refractivity (Wildman–Crippen MR) is 206 cm³/mol. The minimum absolute atomic E-state index is 0.0113. The number of fused-ring (bicyclic) bond motifs is 11. The molecule has 0 spiro atoms. The van der Waals surface area contributed by atoms with Crippen LogP contribution in [0.4, 0.5) is 0 Å². The number of aliphatic hydroxyl groups is 2. The zero-order valence-corrected chi connectivity index (χ0v) is 33.1. The molecule has 2 fully saturated rings. The number of ketones is 1. The second-order valence-corrected chi connectivity index (χ2v) is 19.1. The second kappa shape index (κ2) is 11.1. The molecule has 8 nitrogen and oxygen atoms in total. The van der Waals surface area contributed by atoms with Gasteiger partial charge in [0, 0.05) is 47.5 Å². The van der Waals surface area contributed by atoms with Crippen molar-refractivity contribution in [1.82, 2.24) is 9.47 Å². The van der Waals surface area contributed by atoms with Crippen molar-refractivity contribution in [2.75, 3.05) is 14.1 Å². The second-order valence-electron chi connectivity index (χ2n) is 19.1. The first-order valence-corrected chi connectivity index (χ1v) is 19.4. The van der Waals surface area contributed by atoms with Gasteiger partial charge in [-0.15, -0.1) is 0 Å². The standard InChI is InChI=1S/C45H55N3O5/c1-23(2)35-38(51)33-32-26(29-21-41(3,4)53-42(5,6)34(29)37(32)50)20-27-28-19-25-14-15-30-43(7,17-12-13-24(22-46)40(52)47(10)11)31(49)16-18-44(30,8)45(25,9)39(28)48(35)36(27)33/h12-13,17,20-21,25,30-31,34-35,37,49-50H,1,14-16,18-19H2,2-11H3/b17-12+,24-13+/t25?,30-,31-,34?,35-,37+,43-,44-,45+/m0/s1. The van der Waals surface area contributed by atoms with Gasteiger partial charge in [0.15, 0.2) is 5.78 Å². The lowest BCUT2D eigenvalue weighted by molar-refractivity contribution is -0.144. The molecule has 1 aromatic carbocycles. The Bertz CT molecular complexity index is 2170. The van der Waals surface area contributed by atoms with Crippen LogP contribution in [0.5, 0.6) is 0 Å².